The first kappa shape index (κ1) is 19.4. The van der Waals surface area contributed by atoms with Crippen molar-refractivity contribution in [3.63, 3.8) is 0 Å². The van der Waals surface area contributed by atoms with Gasteiger partial charge < -0.3 is 10.1 Å². The third kappa shape index (κ3) is 3.33. The lowest BCUT2D eigenvalue weighted by atomic mass is 9.65. The zero-order chi connectivity index (χ0) is 19.7. The number of ether oxygens (including phenoxy) is 1. The SMILES string of the molecule is CCn1nc(COc2ccccc2)nc1[C@]1(C)CC[C@H](C(=O)NC)C1(C)C. The molecule has 1 aromatic heterocycles. The quantitative estimate of drug-likeness (QED) is 0.847. The number of amides is 1. The Kier molecular flexibility index (Phi) is 5.27. The van der Waals surface area contributed by atoms with Gasteiger partial charge in [0.2, 0.25) is 5.91 Å². The highest BCUT2D eigenvalue weighted by molar-refractivity contribution is 5.80. The van der Waals surface area contributed by atoms with E-state index < -0.39 is 0 Å². The van der Waals surface area contributed by atoms with Gasteiger partial charge in [0.15, 0.2) is 5.82 Å². The molecule has 146 valence electrons. The fourth-order valence-corrected chi connectivity index (χ4v) is 4.28. The third-order valence-corrected chi connectivity index (χ3v) is 6.41. The summed E-state index contributed by atoms with van der Waals surface area (Å²) in [6.45, 7) is 9.71. The highest BCUT2D eigenvalue weighted by Gasteiger charge is 2.56. The van der Waals surface area contributed by atoms with Gasteiger partial charge in [-0.1, -0.05) is 39.0 Å². The van der Waals surface area contributed by atoms with E-state index in [-0.39, 0.29) is 22.7 Å². The third-order valence-electron chi connectivity index (χ3n) is 6.41. The first-order valence-electron chi connectivity index (χ1n) is 9.67. The van der Waals surface area contributed by atoms with Gasteiger partial charge in [-0.2, -0.15) is 5.10 Å². The molecule has 1 aliphatic rings. The molecule has 6 nitrogen and oxygen atoms in total. The maximum absolute atomic E-state index is 12.4. The molecule has 1 N–H and O–H groups in total. The van der Waals surface area contributed by atoms with Crippen molar-refractivity contribution in [3.8, 4) is 5.75 Å². The summed E-state index contributed by atoms with van der Waals surface area (Å²) in [4.78, 5) is 17.3. The molecule has 27 heavy (non-hydrogen) atoms. The van der Waals surface area contributed by atoms with Gasteiger partial charge in [0.05, 0.1) is 0 Å². The molecule has 0 saturated heterocycles. The molecule has 0 bridgehead atoms. The zero-order valence-electron chi connectivity index (χ0n) is 17.0. The van der Waals surface area contributed by atoms with Crippen LogP contribution < -0.4 is 10.1 Å². The van der Waals surface area contributed by atoms with E-state index in [1.54, 1.807) is 7.05 Å². The van der Waals surface area contributed by atoms with E-state index >= 15 is 0 Å². The van der Waals surface area contributed by atoms with Gasteiger partial charge >= 0.3 is 0 Å². The van der Waals surface area contributed by atoms with Crippen molar-refractivity contribution in [1.29, 1.82) is 0 Å². The lowest BCUT2D eigenvalue weighted by Gasteiger charge is -2.40. The Morgan fingerprint density at radius 3 is 2.63 bits per heavy atom. The number of hydrogen-bond donors (Lipinski definition) is 1. The Bertz CT molecular complexity index is 800. The summed E-state index contributed by atoms with van der Waals surface area (Å²) in [5, 5.41) is 7.49. The number of aromatic nitrogens is 3. The maximum atomic E-state index is 12.4. The number of benzene rings is 1. The number of hydrogen-bond acceptors (Lipinski definition) is 4. The minimum absolute atomic E-state index is 0.0291. The summed E-state index contributed by atoms with van der Waals surface area (Å²) in [7, 11) is 1.71. The van der Waals surface area contributed by atoms with Crippen LogP contribution in [0.3, 0.4) is 0 Å². The number of nitrogens with one attached hydrogen (secondary N) is 1. The van der Waals surface area contributed by atoms with Crippen molar-refractivity contribution in [1.82, 2.24) is 20.1 Å². The van der Waals surface area contributed by atoms with E-state index in [0.717, 1.165) is 31.0 Å². The average molecular weight is 370 g/mol. The van der Waals surface area contributed by atoms with Gasteiger partial charge in [-0.3, -0.25) is 4.79 Å². The molecule has 6 heteroatoms. The van der Waals surface area contributed by atoms with Gasteiger partial charge in [0.1, 0.15) is 18.2 Å². The number of para-hydroxylation sites is 1. The Balaban J connectivity index is 1.87. The lowest BCUT2D eigenvalue weighted by Crippen LogP contribution is -2.44. The highest BCUT2D eigenvalue weighted by atomic mass is 16.5. The zero-order valence-corrected chi connectivity index (χ0v) is 17.0. The summed E-state index contributed by atoms with van der Waals surface area (Å²) >= 11 is 0. The van der Waals surface area contributed by atoms with Crippen LogP contribution in [0.4, 0.5) is 0 Å². The molecular weight excluding hydrogens is 340 g/mol. The molecule has 0 aliphatic heterocycles. The van der Waals surface area contributed by atoms with Crippen LogP contribution in [0.25, 0.3) is 0 Å². The van der Waals surface area contributed by atoms with Crippen LogP contribution in [0, 0.1) is 11.3 Å². The van der Waals surface area contributed by atoms with Crippen molar-refractivity contribution < 1.29 is 9.53 Å². The predicted octanol–water partition coefficient (Wildman–Crippen LogP) is 3.32. The molecule has 1 saturated carbocycles. The van der Waals surface area contributed by atoms with Crippen LogP contribution in [-0.2, 0) is 23.4 Å². The van der Waals surface area contributed by atoms with E-state index in [1.807, 2.05) is 35.0 Å². The van der Waals surface area contributed by atoms with Crippen molar-refractivity contribution in [2.45, 2.75) is 59.1 Å². The molecule has 2 aromatic rings. The summed E-state index contributed by atoms with van der Waals surface area (Å²) < 4.78 is 7.80. The van der Waals surface area contributed by atoms with E-state index in [9.17, 15) is 4.79 Å². The van der Waals surface area contributed by atoms with Gasteiger partial charge in [-0.25, -0.2) is 9.67 Å². The van der Waals surface area contributed by atoms with Crippen LogP contribution in [0.5, 0.6) is 5.75 Å². The molecule has 1 fully saturated rings. The first-order valence-corrected chi connectivity index (χ1v) is 9.67. The second-order valence-corrected chi connectivity index (χ2v) is 8.03. The number of carbonyl (C=O) groups is 1. The largest absolute Gasteiger partial charge is 0.486 e. The van der Waals surface area contributed by atoms with Crippen LogP contribution in [0.15, 0.2) is 30.3 Å². The molecule has 0 unspecified atom stereocenters. The summed E-state index contributed by atoms with van der Waals surface area (Å²) in [6.07, 6.45) is 1.77. The van der Waals surface area contributed by atoms with Crippen molar-refractivity contribution in [2.24, 2.45) is 11.3 Å². The molecule has 0 spiro atoms. The van der Waals surface area contributed by atoms with Crippen molar-refractivity contribution in [2.75, 3.05) is 7.05 Å². The van der Waals surface area contributed by atoms with Crippen LogP contribution in [0.1, 0.15) is 52.2 Å². The van der Waals surface area contributed by atoms with Crippen LogP contribution in [-0.4, -0.2) is 27.7 Å². The molecule has 1 aliphatic carbocycles. The van der Waals surface area contributed by atoms with Crippen LogP contribution >= 0.6 is 0 Å². The van der Waals surface area contributed by atoms with E-state index in [1.165, 1.54) is 0 Å². The number of carbonyl (C=O) groups excluding carboxylic acids is 1. The summed E-state index contributed by atoms with van der Waals surface area (Å²) in [6, 6.07) is 9.70. The Labute approximate surface area is 161 Å². The standard InChI is InChI=1S/C21H30N4O2/c1-6-25-19(21(4)13-12-16(18(26)22-5)20(21,2)3)23-17(24-25)14-27-15-10-8-7-9-11-15/h7-11,16H,6,12-14H2,1-5H3,(H,22,26)/t16-,21+/m1/s1. The van der Waals surface area contributed by atoms with Gasteiger partial charge in [0, 0.05) is 24.9 Å². The normalized spacial score (nSPS) is 24.0. The molecule has 2 atom stereocenters. The molecular formula is C21H30N4O2. The topological polar surface area (TPSA) is 69.0 Å². The monoisotopic (exact) mass is 370 g/mol. The highest BCUT2D eigenvalue weighted by Crippen LogP contribution is 2.56. The minimum atomic E-state index is -0.224. The fourth-order valence-electron chi connectivity index (χ4n) is 4.28. The van der Waals surface area contributed by atoms with Crippen molar-refractivity contribution >= 4 is 5.91 Å². The second kappa shape index (κ2) is 7.33. The average Bonchev–Trinajstić information content (AvgIpc) is 3.20. The van der Waals surface area contributed by atoms with E-state index in [0.29, 0.717) is 12.4 Å². The van der Waals surface area contributed by atoms with Gasteiger partial charge in [0.25, 0.3) is 0 Å². The Morgan fingerprint density at radius 1 is 1.30 bits per heavy atom. The van der Waals surface area contributed by atoms with Gasteiger partial charge in [-0.05, 0) is 37.3 Å². The Hall–Kier alpha value is -2.37. The van der Waals surface area contributed by atoms with Crippen molar-refractivity contribution in [3.05, 3.63) is 42.0 Å². The second-order valence-electron chi connectivity index (χ2n) is 8.03. The van der Waals surface area contributed by atoms with Crippen LogP contribution in [0.2, 0.25) is 0 Å². The molecule has 1 amide bonds. The summed E-state index contributed by atoms with van der Waals surface area (Å²) in [5.74, 6) is 2.51. The van der Waals surface area contributed by atoms with Gasteiger partial charge in [-0.15, -0.1) is 0 Å². The molecule has 1 heterocycles. The smallest absolute Gasteiger partial charge is 0.223 e. The lowest BCUT2D eigenvalue weighted by molar-refractivity contribution is -0.127. The van der Waals surface area contributed by atoms with E-state index in [4.69, 9.17) is 9.72 Å². The molecule has 0 radical (unpaired) electrons. The first-order chi connectivity index (χ1) is 12.8. The Morgan fingerprint density at radius 2 is 2.00 bits per heavy atom. The predicted molar refractivity (Wildman–Crippen MR) is 104 cm³/mol. The minimum Gasteiger partial charge on any atom is -0.486 e. The number of aryl methyl sites for hydroxylation is 1. The number of rotatable bonds is 6. The fraction of sp³-hybridized carbons (Fsp3) is 0.571. The maximum Gasteiger partial charge on any atom is 0.223 e. The van der Waals surface area contributed by atoms with E-state index in [2.05, 4.69) is 38.1 Å². The summed E-state index contributed by atoms with van der Waals surface area (Å²) in [5.41, 5.74) is -0.442. The molecule has 1 aromatic carbocycles. The molecule has 3 rings (SSSR count). The number of nitrogens with zero attached hydrogens (tertiary/aromatic N) is 3.